The molecule has 1 unspecified atom stereocenters. The van der Waals surface area contributed by atoms with E-state index in [1.807, 2.05) is 19.1 Å². The molecule has 0 radical (unpaired) electrons. The molecular weight excluding hydrogens is 505 g/mol. The van der Waals surface area contributed by atoms with Crippen LogP contribution in [-0.2, 0) is 21.9 Å². The molecule has 5 nitrogen and oxygen atoms in total. The lowest BCUT2D eigenvalue weighted by molar-refractivity contribution is 0.222. The Balaban J connectivity index is 1.55. The highest BCUT2D eigenvalue weighted by atomic mass is 31.2. The molecule has 1 fully saturated rings. The van der Waals surface area contributed by atoms with Crippen molar-refractivity contribution in [2.45, 2.75) is 85.2 Å². The molecule has 0 saturated carbocycles. The van der Waals surface area contributed by atoms with E-state index in [-0.39, 0.29) is 5.66 Å². The average Bonchev–Trinajstić information content (AvgIpc) is 2.90. The van der Waals surface area contributed by atoms with Gasteiger partial charge in [0.25, 0.3) is 0 Å². The first kappa shape index (κ1) is 31.6. The molecule has 0 amide bonds. The number of benzene rings is 2. The summed E-state index contributed by atoms with van der Waals surface area (Å²) in [6.07, 6.45) is 7.34. The molecule has 1 aliphatic heterocycles. The first-order valence-electron chi connectivity index (χ1n) is 14.9. The average molecular weight is 558 g/mol. The van der Waals surface area contributed by atoms with Crippen LogP contribution in [0.4, 0.5) is 5.69 Å². The summed E-state index contributed by atoms with van der Waals surface area (Å²) in [5.41, 5.74) is 4.32. The minimum atomic E-state index is -2.63. The van der Waals surface area contributed by atoms with Crippen LogP contribution in [-0.4, -0.2) is 45.7 Å². The van der Waals surface area contributed by atoms with Gasteiger partial charge in [0.05, 0.1) is 20.3 Å². The standard InChI is InChI=1S/C33H52NO4P/c1-8-31(39(7,35)38-9-2)23-27-12-10-14-30(22-27)37-25-26-17-20-34(21-18-26)32-24-29(36-6)16-15-28(32)13-11-19-33(3,4)5/h10,12,14-16,22,24,26,31H,8-9,11,13,17-21,23,25H2,1-7H3/t31-,39?/m0/s1. The summed E-state index contributed by atoms with van der Waals surface area (Å²) in [4.78, 5) is 2.54. The number of aryl methyl sites for hydroxylation is 1. The van der Waals surface area contributed by atoms with Crippen molar-refractivity contribution in [2.24, 2.45) is 11.3 Å². The first-order chi connectivity index (χ1) is 18.5. The van der Waals surface area contributed by atoms with Crippen molar-refractivity contribution in [1.29, 1.82) is 0 Å². The normalized spacial score (nSPS) is 17.1. The van der Waals surface area contributed by atoms with Gasteiger partial charge in [-0.15, -0.1) is 0 Å². The summed E-state index contributed by atoms with van der Waals surface area (Å²) in [5.74, 6) is 2.37. The number of piperidine rings is 1. The van der Waals surface area contributed by atoms with Gasteiger partial charge in [-0.2, -0.15) is 0 Å². The molecule has 39 heavy (non-hydrogen) atoms. The van der Waals surface area contributed by atoms with Crippen LogP contribution in [0, 0.1) is 11.3 Å². The lowest BCUT2D eigenvalue weighted by Gasteiger charge is -2.35. The molecule has 2 aromatic rings. The second kappa shape index (κ2) is 14.6. The maximum Gasteiger partial charge on any atom is 0.203 e. The summed E-state index contributed by atoms with van der Waals surface area (Å²) in [7, 11) is -0.879. The monoisotopic (exact) mass is 557 g/mol. The zero-order valence-electron chi connectivity index (χ0n) is 25.5. The Morgan fingerprint density at radius 1 is 1.05 bits per heavy atom. The van der Waals surface area contributed by atoms with Gasteiger partial charge >= 0.3 is 0 Å². The van der Waals surface area contributed by atoms with E-state index in [0.717, 1.165) is 68.9 Å². The van der Waals surface area contributed by atoms with Gasteiger partial charge in [-0.1, -0.05) is 45.9 Å². The smallest absolute Gasteiger partial charge is 0.203 e. The van der Waals surface area contributed by atoms with Crippen LogP contribution < -0.4 is 14.4 Å². The van der Waals surface area contributed by atoms with Crippen LogP contribution in [0.2, 0.25) is 0 Å². The Kier molecular flexibility index (Phi) is 11.8. The number of ether oxygens (including phenoxy) is 2. The van der Waals surface area contributed by atoms with Crippen LogP contribution >= 0.6 is 7.37 Å². The Morgan fingerprint density at radius 3 is 2.44 bits per heavy atom. The fourth-order valence-electron chi connectivity index (χ4n) is 5.58. The maximum absolute atomic E-state index is 13.0. The van der Waals surface area contributed by atoms with Gasteiger partial charge < -0.3 is 18.9 Å². The second-order valence-electron chi connectivity index (χ2n) is 12.4. The zero-order valence-corrected chi connectivity index (χ0v) is 26.4. The third-order valence-electron chi connectivity index (χ3n) is 8.00. The summed E-state index contributed by atoms with van der Waals surface area (Å²) in [6.45, 7) is 16.0. The highest BCUT2D eigenvalue weighted by Gasteiger charge is 2.28. The molecule has 6 heteroatoms. The van der Waals surface area contributed by atoms with Gasteiger partial charge in [-0.25, -0.2) is 0 Å². The fraction of sp³-hybridized carbons (Fsp3) is 0.636. The Hall–Kier alpha value is -1.97. The van der Waals surface area contributed by atoms with Crippen molar-refractivity contribution in [3.63, 3.8) is 0 Å². The molecule has 0 aliphatic carbocycles. The molecule has 3 rings (SSSR count). The number of nitrogens with zero attached hydrogens (tertiary/aromatic N) is 1. The number of methoxy groups -OCH3 is 1. The lowest BCUT2D eigenvalue weighted by atomic mass is 9.88. The molecule has 1 aliphatic rings. The van der Waals surface area contributed by atoms with Gasteiger partial charge in [-0.3, -0.25) is 4.57 Å². The summed E-state index contributed by atoms with van der Waals surface area (Å²) < 4.78 is 30.4. The molecule has 0 aromatic heterocycles. The van der Waals surface area contributed by atoms with Crippen LogP contribution in [0.5, 0.6) is 11.5 Å². The molecule has 218 valence electrons. The van der Waals surface area contributed by atoms with Gasteiger partial charge in [0.1, 0.15) is 11.5 Å². The lowest BCUT2D eigenvalue weighted by Crippen LogP contribution is -2.36. The van der Waals surface area contributed by atoms with E-state index < -0.39 is 7.37 Å². The SMILES string of the molecule is CCOP(C)(=O)[C@@H](CC)Cc1cccc(OCC2CCN(c3cc(OC)ccc3CCCC(C)(C)C)CC2)c1. The van der Waals surface area contributed by atoms with Crippen LogP contribution in [0.1, 0.15) is 77.8 Å². The molecule has 0 bridgehead atoms. The Labute approximate surface area is 238 Å². The van der Waals surface area contributed by atoms with Gasteiger partial charge in [0.2, 0.25) is 7.37 Å². The van der Waals surface area contributed by atoms with E-state index in [4.69, 9.17) is 14.0 Å². The molecular formula is C33H52NO4P. The highest BCUT2D eigenvalue weighted by molar-refractivity contribution is 7.58. The summed E-state index contributed by atoms with van der Waals surface area (Å²) in [5, 5.41) is 0. The quantitative estimate of drug-likeness (QED) is 0.218. The molecule has 2 atom stereocenters. The number of anilines is 1. The first-order valence-corrected chi connectivity index (χ1v) is 17.0. The van der Waals surface area contributed by atoms with Crippen LogP contribution in [0.15, 0.2) is 42.5 Å². The van der Waals surface area contributed by atoms with Gasteiger partial charge in [-0.05, 0) is 92.5 Å². The fourth-order valence-corrected chi connectivity index (χ4v) is 7.51. The van der Waals surface area contributed by atoms with Crippen molar-refractivity contribution in [3.8, 4) is 11.5 Å². The molecule has 2 aromatic carbocycles. The molecule has 0 spiro atoms. The summed E-state index contributed by atoms with van der Waals surface area (Å²) in [6, 6.07) is 14.9. The third-order valence-corrected chi connectivity index (χ3v) is 10.6. The minimum Gasteiger partial charge on any atom is -0.497 e. The van der Waals surface area contributed by atoms with Gasteiger partial charge in [0.15, 0.2) is 0 Å². The van der Waals surface area contributed by atoms with E-state index in [2.05, 4.69) is 62.9 Å². The zero-order chi connectivity index (χ0) is 28.5. The minimum absolute atomic E-state index is 0.0343. The predicted molar refractivity (Wildman–Crippen MR) is 165 cm³/mol. The largest absolute Gasteiger partial charge is 0.497 e. The van der Waals surface area contributed by atoms with Crippen molar-refractivity contribution in [2.75, 3.05) is 45.0 Å². The van der Waals surface area contributed by atoms with E-state index in [1.54, 1.807) is 13.8 Å². The predicted octanol–water partition coefficient (Wildman–Crippen LogP) is 8.62. The van der Waals surface area contributed by atoms with E-state index in [9.17, 15) is 4.57 Å². The third kappa shape index (κ3) is 9.87. The van der Waals surface area contributed by atoms with Crippen molar-refractivity contribution in [3.05, 3.63) is 53.6 Å². The van der Waals surface area contributed by atoms with Gasteiger partial charge in [0, 0.05) is 37.2 Å². The van der Waals surface area contributed by atoms with E-state index in [1.165, 1.54) is 24.1 Å². The van der Waals surface area contributed by atoms with Crippen LogP contribution in [0.3, 0.4) is 0 Å². The topological polar surface area (TPSA) is 48.0 Å². The number of hydrogen-bond acceptors (Lipinski definition) is 5. The number of rotatable bonds is 14. The second-order valence-corrected chi connectivity index (χ2v) is 15.2. The number of hydrogen-bond donors (Lipinski definition) is 0. The maximum atomic E-state index is 13.0. The Bertz CT molecular complexity index is 1070. The molecule has 0 N–H and O–H groups in total. The molecule has 1 heterocycles. The van der Waals surface area contributed by atoms with Crippen molar-refractivity contribution >= 4 is 13.1 Å². The Morgan fingerprint density at radius 2 is 1.79 bits per heavy atom. The molecule has 1 saturated heterocycles. The van der Waals surface area contributed by atoms with Crippen molar-refractivity contribution < 1.29 is 18.6 Å². The summed E-state index contributed by atoms with van der Waals surface area (Å²) >= 11 is 0. The van der Waals surface area contributed by atoms with Crippen molar-refractivity contribution in [1.82, 2.24) is 0 Å². The highest BCUT2D eigenvalue weighted by Crippen LogP contribution is 2.50. The van der Waals surface area contributed by atoms with Crippen LogP contribution in [0.25, 0.3) is 0 Å². The van der Waals surface area contributed by atoms with E-state index >= 15 is 0 Å². The van der Waals surface area contributed by atoms with E-state index in [0.29, 0.717) is 17.9 Å².